The van der Waals surface area contributed by atoms with Crippen molar-refractivity contribution in [2.24, 2.45) is 5.73 Å². The molecule has 182 valence electrons. The zero-order chi connectivity index (χ0) is 25.3. The van der Waals surface area contributed by atoms with E-state index in [1.807, 2.05) is 0 Å². The summed E-state index contributed by atoms with van der Waals surface area (Å²) in [5.74, 6) is -1.11. The molecule has 0 saturated carbocycles. The number of aryl methyl sites for hydroxylation is 2. The molecule has 2 heterocycles. The molecule has 2 aromatic carbocycles. The summed E-state index contributed by atoms with van der Waals surface area (Å²) in [6.07, 6.45) is -1.11. The van der Waals surface area contributed by atoms with E-state index in [-0.39, 0.29) is 31.0 Å². The number of carbonyl (C=O) groups is 1. The first-order valence-electron chi connectivity index (χ1n) is 10.8. The van der Waals surface area contributed by atoms with Crippen LogP contribution in [0.1, 0.15) is 39.2 Å². The fourth-order valence-electron chi connectivity index (χ4n) is 3.76. The topological polar surface area (TPSA) is 102 Å². The maximum atomic E-state index is 14.0. The highest BCUT2D eigenvalue weighted by molar-refractivity contribution is 6.31. The number of hydrogen-bond donors (Lipinski definition) is 2. The van der Waals surface area contributed by atoms with Crippen LogP contribution in [0, 0.1) is 25.5 Å². The summed E-state index contributed by atoms with van der Waals surface area (Å²) in [5, 5.41) is 10.8. The maximum Gasteiger partial charge on any atom is 0.258 e. The molecular weight excluding hydrogens is 478 g/mol. The van der Waals surface area contributed by atoms with Gasteiger partial charge in [-0.3, -0.25) is 4.79 Å². The molecule has 0 radical (unpaired) electrons. The molecular formula is C25H23ClF2N4O3. The number of aliphatic hydroxyl groups is 1. The molecule has 4 rings (SSSR count). The van der Waals surface area contributed by atoms with Crippen molar-refractivity contribution in [3.8, 4) is 5.75 Å². The Morgan fingerprint density at radius 3 is 2.40 bits per heavy atom. The van der Waals surface area contributed by atoms with Crippen LogP contribution in [0.4, 0.5) is 8.78 Å². The van der Waals surface area contributed by atoms with E-state index in [4.69, 9.17) is 22.1 Å². The Balaban J connectivity index is 1.52. The SMILES string of the molecule is Cc1nc(C2=C(N)CN(C(=O)c3ccc(F)cc3OCC(O)c3ccc(F)cc3)C2)nc(C)c1Cl. The third kappa shape index (κ3) is 5.26. The Labute approximate surface area is 205 Å². The lowest BCUT2D eigenvalue weighted by molar-refractivity contribution is 0.0782. The van der Waals surface area contributed by atoms with E-state index in [0.29, 0.717) is 39.1 Å². The van der Waals surface area contributed by atoms with Crippen molar-refractivity contribution in [2.75, 3.05) is 19.7 Å². The number of hydrogen-bond acceptors (Lipinski definition) is 6. The minimum absolute atomic E-state index is 0.0300. The van der Waals surface area contributed by atoms with Crippen LogP contribution in [0.2, 0.25) is 5.02 Å². The third-order valence-electron chi connectivity index (χ3n) is 5.66. The van der Waals surface area contributed by atoms with Crippen LogP contribution in [0.5, 0.6) is 5.75 Å². The largest absolute Gasteiger partial charge is 0.490 e. The van der Waals surface area contributed by atoms with Gasteiger partial charge in [0.25, 0.3) is 5.91 Å². The maximum absolute atomic E-state index is 14.0. The van der Waals surface area contributed by atoms with Gasteiger partial charge in [-0.1, -0.05) is 23.7 Å². The second-order valence-corrected chi connectivity index (χ2v) is 8.59. The lowest BCUT2D eigenvalue weighted by Crippen LogP contribution is -2.30. The zero-order valence-electron chi connectivity index (χ0n) is 19.1. The van der Waals surface area contributed by atoms with E-state index >= 15 is 0 Å². The van der Waals surface area contributed by atoms with Crippen LogP contribution in [0.3, 0.4) is 0 Å². The molecule has 1 aromatic heterocycles. The van der Waals surface area contributed by atoms with Gasteiger partial charge in [-0.15, -0.1) is 0 Å². The van der Waals surface area contributed by atoms with Crippen LogP contribution in [0.15, 0.2) is 48.2 Å². The summed E-state index contributed by atoms with van der Waals surface area (Å²) in [6, 6.07) is 8.81. The van der Waals surface area contributed by atoms with Gasteiger partial charge in [0.15, 0.2) is 5.82 Å². The molecule has 1 aliphatic heterocycles. The summed E-state index contributed by atoms with van der Waals surface area (Å²) in [6.45, 7) is 3.54. The van der Waals surface area contributed by atoms with E-state index in [0.717, 1.165) is 12.1 Å². The third-order valence-corrected chi connectivity index (χ3v) is 6.21. The van der Waals surface area contributed by atoms with Gasteiger partial charge in [-0.2, -0.15) is 0 Å². The Morgan fingerprint density at radius 1 is 1.11 bits per heavy atom. The van der Waals surface area contributed by atoms with Gasteiger partial charge < -0.3 is 20.5 Å². The number of aliphatic hydroxyl groups excluding tert-OH is 1. The number of ether oxygens (including phenoxy) is 1. The molecule has 0 fully saturated rings. The van der Waals surface area contributed by atoms with E-state index < -0.39 is 23.6 Å². The molecule has 0 saturated heterocycles. The van der Waals surface area contributed by atoms with Crippen molar-refractivity contribution in [1.29, 1.82) is 0 Å². The molecule has 10 heteroatoms. The van der Waals surface area contributed by atoms with Crippen molar-refractivity contribution in [3.05, 3.63) is 93.2 Å². The Morgan fingerprint density at radius 2 is 1.74 bits per heavy atom. The summed E-state index contributed by atoms with van der Waals surface area (Å²) in [7, 11) is 0. The highest BCUT2D eigenvalue weighted by Crippen LogP contribution is 2.29. The monoisotopic (exact) mass is 500 g/mol. The fourth-order valence-corrected chi connectivity index (χ4v) is 3.84. The second-order valence-electron chi connectivity index (χ2n) is 8.22. The van der Waals surface area contributed by atoms with E-state index in [2.05, 4.69) is 9.97 Å². The number of amides is 1. The van der Waals surface area contributed by atoms with E-state index in [1.165, 1.54) is 35.2 Å². The highest BCUT2D eigenvalue weighted by Gasteiger charge is 2.30. The number of rotatable bonds is 6. The molecule has 35 heavy (non-hydrogen) atoms. The van der Waals surface area contributed by atoms with Gasteiger partial charge in [0.05, 0.1) is 35.1 Å². The Bertz CT molecular complexity index is 1290. The lowest BCUT2D eigenvalue weighted by Gasteiger charge is -2.20. The number of halogens is 3. The first kappa shape index (κ1) is 24.6. The Kier molecular flexibility index (Phi) is 7.00. The normalized spacial score (nSPS) is 14.4. The summed E-state index contributed by atoms with van der Waals surface area (Å²) >= 11 is 6.16. The van der Waals surface area contributed by atoms with Gasteiger partial charge in [-0.05, 0) is 43.7 Å². The van der Waals surface area contributed by atoms with Gasteiger partial charge >= 0.3 is 0 Å². The van der Waals surface area contributed by atoms with Crippen molar-refractivity contribution in [3.63, 3.8) is 0 Å². The summed E-state index contributed by atoms with van der Waals surface area (Å²) in [5.41, 5.74) is 9.00. The van der Waals surface area contributed by atoms with Gasteiger partial charge in [0, 0.05) is 17.3 Å². The first-order valence-corrected chi connectivity index (χ1v) is 11.2. The first-order chi connectivity index (χ1) is 16.6. The minimum atomic E-state index is -1.11. The molecule has 3 aromatic rings. The van der Waals surface area contributed by atoms with Gasteiger partial charge in [0.1, 0.15) is 30.1 Å². The number of nitrogens with two attached hydrogens (primary N) is 1. The van der Waals surface area contributed by atoms with Crippen LogP contribution < -0.4 is 10.5 Å². The van der Waals surface area contributed by atoms with E-state index in [1.54, 1.807) is 13.8 Å². The highest BCUT2D eigenvalue weighted by atomic mass is 35.5. The minimum Gasteiger partial charge on any atom is -0.490 e. The molecule has 1 unspecified atom stereocenters. The summed E-state index contributed by atoms with van der Waals surface area (Å²) < 4.78 is 32.7. The average Bonchev–Trinajstić information content (AvgIpc) is 3.22. The smallest absolute Gasteiger partial charge is 0.258 e. The number of carbonyl (C=O) groups excluding carboxylic acids is 1. The van der Waals surface area contributed by atoms with Crippen LogP contribution in [0.25, 0.3) is 5.57 Å². The van der Waals surface area contributed by atoms with Crippen LogP contribution >= 0.6 is 11.6 Å². The number of nitrogens with zero attached hydrogens (tertiary/aromatic N) is 3. The quantitative estimate of drug-likeness (QED) is 0.531. The zero-order valence-corrected chi connectivity index (χ0v) is 19.8. The van der Waals surface area contributed by atoms with Gasteiger partial charge in [-0.25, -0.2) is 18.7 Å². The Hall–Kier alpha value is -3.56. The van der Waals surface area contributed by atoms with Crippen molar-refractivity contribution < 1.29 is 23.4 Å². The lowest BCUT2D eigenvalue weighted by atomic mass is 10.1. The predicted molar refractivity (Wildman–Crippen MR) is 127 cm³/mol. The van der Waals surface area contributed by atoms with Crippen LogP contribution in [-0.2, 0) is 0 Å². The molecule has 7 nitrogen and oxygen atoms in total. The molecule has 0 aliphatic carbocycles. The predicted octanol–water partition coefficient (Wildman–Crippen LogP) is 3.96. The van der Waals surface area contributed by atoms with Crippen molar-refractivity contribution >= 4 is 23.1 Å². The average molecular weight is 501 g/mol. The molecule has 3 N–H and O–H groups in total. The standard InChI is InChI=1S/C25H23ClF2N4O3/c1-13-23(26)14(2)31-24(30-13)19-10-32(11-20(19)29)25(34)18-8-7-17(28)9-22(18)35-12-21(33)15-3-5-16(27)6-4-15/h3-9,21,33H,10-12,29H2,1-2H3. The fraction of sp³-hybridized carbons (Fsp3) is 0.240. The van der Waals surface area contributed by atoms with E-state index in [9.17, 15) is 18.7 Å². The number of aromatic nitrogens is 2. The molecule has 0 spiro atoms. The number of benzene rings is 2. The van der Waals surface area contributed by atoms with Crippen LogP contribution in [-0.4, -0.2) is 45.6 Å². The molecule has 0 bridgehead atoms. The van der Waals surface area contributed by atoms with Gasteiger partial charge in [0.2, 0.25) is 0 Å². The van der Waals surface area contributed by atoms with Crippen molar-refractivity contribution in [1.82, 2.24) is 14.9 Å². The summed E-state index contributed by atoms with van der Waals surface area (Å²) in [4.78, 5) is 23.6. The molecule has 1 amide bonds. The molecule has 1 aliphatic rings. The molecule has 1 atom stereocenters. The second kappa shape index (κ2) is 9.97. The van der Waals surface area contributed by atoms with Crippen molar-refractivity contribution in [2.45, 2.75) is 20.0 Å².